The number of nitrogens with one attached hydrogen (secondary N) is 1. The highest BCUT2D eigenvalue weighted by molar-refractivity contribution is 6.30. The molecule has 0 unspecified atom stereocenters. The highest BCUT2D eigenvalue weighted by Crippen LogP contribution is 2.28. The van der Waals surface area contributed by atoms with Crippen LogP contribution in [0.5, 0.6) is 0 Å². The van der Waals surface area contributed by atoms with Crippen LogP contribution in [0.4, 0.5) is 5.69 Å². The van der Waals surface area contributed by atoms with E-state index in [0.717, 1.165) is 30.1 Å². The van der Waals surface area contributed by atoms with E-state index in [2.05, 4.69) is 30.1 Å². The Kier molecular flexibility index (Phi) is 7.21. The second-order valence-corrected chi connectivity index (χ2v) is 5.13. The molecule has 4 heteroatoms. The first-order valence-corrected chi connectivity index (χ1v) is 7.36. The van der Waals surface area contributed by atoms with Gasteiger partial charge in [0.05, 0.1) is 6.61 Å². The highest BCUT2D eigenvalue weighted by atomic mass is 35.5. The van der Waals surface area contributed by atoms with E-state index in [1.54, 1.807) is 0 Å². The van der Waals surface area contributed by atoms with E-state index in [9.17, 15) is 5.11 Å². The van der Waals surface area contributed by atoms with Gasteiger partial charge in [0.1, 0.15) is 0 Å². The molecule has 108 valence electrons. The molecule has 1 rings (SSSR count). The topological polar surface area (TPSA) is 35.5 Å². The first-order chi connectivity index (χ1) is 9.17. The summed E-state index contributed by atoms with van der Waals surface area (Å²) in [7, 11) is 1.94. The summed E-state index contributed by atoms with van der Waals surface area (Å²) in [6.45, 7) is 5.96. The molecule has 0 radical (unpaired) electrons. The van der Waals surface area contributed by atoms with Gasteiger partial charge in [-0.05, 0) is 37.6 Å². The van der Waals surface area contributed by atoms with Crippen LogP contribution in [-0.4, -0.2) is 31.3 Å². The van der Waals surface area contributed by atoms with Gasteiger partial charge in [0, 0.05) is 29.8 Å². The van der Waals surface area contributed by atoms with Crippen molar-refractivity contribution in [1.29, 1.82) is 0 Å². The van der Waals surface area contributed by atoms with Crippen molar-refractivity contribution in [3.05, 3.63) is 28.8 Å². The molecule has 0 saturated carbocycles. The number of rotatable bonds is 8. The van der Waals surface area contributed by atoms with Gasteiger partial charge in [-0.3, -0.25) is 0 Å². The SMILES string of the molecule is CCC(CC)N(CCO)c1cc(Cl)ccc1CNC. The molecule has 2 N–H and O–H groups in total. The van der Waals surface area contributed by atoms with Gasteiger partial charge < -0.3 is 15.3 Å². The Morgan fingerprint density at radius 3 is 2.53 bits per heavy atom. The number of anilines is 1. The van der Waals surface area contributed by atoms with Crippen LogP contribution in [0.25, 0.3) is 0 Å². The fourth-order valence-corrected chi connectivity index (χ4v) is 2.65. The average Bonchev–Trinajstić information content (AvgIpc) is 2.41. The van der Waals surface area contributed by atoms with Crippen LogP contribution in [0, 0.1) is 0 Å². The Morgan fingerprint density at radius 2 is 2.00 bits per heavy atom. The second kappa shape index (κ2) is 8.41. The maximum atomic E-state index is 9.34. The van der Waals surface area contributed by atoms with Crippen LogP contribution in [0.2, 0.25) is 5.02 Å². The monoisotopic (exact) mass is 284 g/mol. The smallest absolute Gasteiger partial charge is 0.0606 e. The minimum absolute atomic E-state index is 0.155. The Morgan fingerprint density at radius 1 is 1.32 bits per heavy atom. The first-order valence-electron chi connectivity index (χ1n) is 6.98. The molecule has 1 aromatic carbocycles. The molecule has 0 spiro atoms. The molecule has 0 heterocycles. The van der Waals surface area contributed by atoms with Crippen molar-refractivity contribution in [3.8, 4) is 0 Å². The van der Waals surface area contributed by atoms with Gasteiger partial charge in [0.2, 0.25) is 0 Å². The minimum Gasteiger partial charge on any atom is -0.395 e. The molecule has 19 heavy (non-hydrogen) atoms. The third-order valence-corrected chi connectivity index (χ3v) is 3.68. The quantitative estimate of drug-likeness (QED) is 0.770. The number of hydrogen-bond acceptors (Lipinski definition) is 3. The van der Waals surface area contributed by atoms with E-state index in [0.29, 0.717) is 12.6 Å². The maximum Gasteiger partial charge on any atom is 0.0606 e. The zero-order chi connectivity index (χ0) is 14.3. The molecule has 0 aliphatic heterocycles. The zero-order valence-electron chi connectivity index (χ0n) is 12.1. The molecule has 1 aromatic rings. The van der Waals surface area contributed by atoms with Crippen molar-refractivity contribution in [2.24, 2.45) is 0 Å². The fourth-order valence-electron chi connectivity index (χ4n) is 2.48. The number of halogens is 1. The van der Waals surface area contributed by atoms with Gasteiger partial charge >= 0.3 is 0 Å². The summed E-state index contributed by atoms with van der Waals surface area (Å²) in [5, 5.41) is 13.3. The molecule has 0 saturated heterocycles. The molecule has 3 nitrogen and oxygen atoms in total. The molecule has 0 fully saturated rings. The van der Waals surface area contributed by atoms with Crippen molar-refractivity contribution in [3.63, 3.8) is 0 Å². The predicted octanol–water partition coefficient (Wildman–Crippen LogP) is 3.05. The van der Waals surface area contributed by atoms with Gasteiger partial charge in [0.25, 0.3) is 0 Å². The van der Waals surface area contributed by atoms with E-state index < -0.39 is 0 Å². The summed E-state index contributed by atoms with van der Waals surface area (Å²) in [4.78, 5) is 2.28. The molecular formula is C15H25ClN2O. The lowest BCUT2D eigenvalue weighted by Gasteiger charge is -2.34. The number of aliphatic hydroxyl groups excluding tert-OH is 1. The number of hydrogen-bond donors (Lipinski definition) is 2. The van der Waals surface area contributed by atoms with Crippen molar-refractivity contribution < 1.29 is 5.11 Å². The Bertz CT molecular complexity index is 380. The lowest BCUT2D eigenvalue weighted by Crippen LogP contribution is -2.37. The highest BCUT2D eigenvalue weighted by Gasteiger charge is 2.18. The van der Waals surface area contributed by atoms with Gasteiger partial charge in [-0.15, -0.1) is 0 Å². The third-order valence-electron chi connectivity index (χ3n) is 3.45. The van der Waals surface area contributed by atoms with Crippen LogP contribution < -0.4 is 10.2 Å². The van der Waals surface area contributed by atoms with E-state index in [-0.39, 0.29) is 6.61 Å². The summed E-state index contributed by atoms with van der Waals surface area (Å²) in [5.41, 5.74) is 2.34. The normalized spacial score (nSPS) is 11.1. The van der Waals surface area contributed by atoms with Crippen LogP contribution >= 0.6 is 11.6 Å². The van der Waals surface area contributed by atoms with Crippen LogP contribution in [0.3, 0.4) is 0 Å². The van der Waals surface area contributed by atoms with Gasteiger partial charge in [0.15, 0.2) is 0 Å². The van der Waals surface area contributed by atoms with Gasteiger partial charge in [-0.1, -0.05) is 31.5 Å². The van der Waals surface area contributed by atoms with Gasteiger partial charge in [-0.25, -0.2) is 0 Å². The fraction of sp³-hybridized carbons (Fsp3) is 0.600. The summed E-state index contributed by atoms with van der Waals surface area (Å²) in [6.07, 6.45) is 2.12. The van der Waals surface area contributed by atoms with E-state index in [4.69, 9.17) is 11.6 Å². The molecule has 0 bridgehead atoms. The second-order valence-electron chi connectivity index (χ2n) is 4.69. The lowest BCUT2D eigenvalue weighted by molar-refractivity contribution is 0.296. The third kappa shape index (κ3) is 4.37. The average molecular weight is 285 g/mol. The van der Waals surface area contributed by atoms with E-state index in [1.807, 2.05) is 19.2 Å². The Hall–Kier alpha value is -0.770. The van der Waals surface area contributed by atoms with E-state index in [1.165, 1.54) is 5.56 Å². The lowest BCUT2D eigenvalue weighted by atomic mass is 10.1. The van der Waals surface area contributed by atoms with Crippen LogP contribution in [-0.2, 0) is 6.54 Å². The van der Waals surface area contributed by atoms with Crippen molar-refractivity contribution in [2.75, 3.05) is 25.1 Å². The molecule has 0 aliphatic carbocycles. The molecule has 0 amide bonds. The Balaban J connectivity index is 3.15. The molecule has 0 atom stereocenters. The summed E-state index contributed by atoms with van der Waals surface area (Å²) < 4.78 is 0. The number of nitrogens with zero attached hydrogens (tertiary/aromatic N) is 1. The number of aliphatic hydroxyl groups is 1. The maximum absolute atomic E-state index is 9.34. The summed E-state index contributed by atoms with van der Waals surface area (Å²) in [5.74, 6) is 0. The van der Waals surface area contributed by atoms with E-state index >= 15 is 0 Å². The number of benzene rings is 1. The summed E-state index contributed by atoms with van der Waals surface area (Å²) in [6, 6.07) is 6.41. The van der Waals surface area contributed by atoms with Gasteiger partial charge in [-0.2, -0.15) is 0 Å². The standard InChI is InChI=1S/C15H25ClN2O/c1-4-14(5-2)18(8-9-19)15-10-13(16)7-6-12(15)11-17-3/h6-7,10,14,17,19H,4-5,8-9,11H2,1-3H3. The zero-order valence-corrected chi connectivity index (χ0v) is 12.9. The predicted molar refractivity (Wildman–Crippen MR) is 83.0 cm³/mol. The van der Waals surface area contributed by atoms with Crippen molar-refractivity contribution in [2.45, 2.75) is 39.3 Å². The van der Waals surface area contributed by atoms with Crippen LogP contribution in [0.15, 0.2) is 18.2 Å². The summed E-state index contributed by atoms with van der Waals surface area (Å²) >= 11 is 6.14. The van der Waals surface area contributed by atoms with Crippen LogP contribution in [0.1, 0.15) is 32.3 Å². The molecule has 0 aliphatic rings. The molecular weight excluding hydrogens is 260 g/mol. The largest absolute Gasteiger partial charge is 0.395 e. The first kappa shape index (κ1) is 16.3. The Labute approximate surface area is 121 Å². The minimum atomic E-state index is 0.155. The van der Waals surface area contributed by atoms with Crippen molar-refractivity contribution >= 4 is 17.3 Å². The molecule has 0 aromatic heterocycles. The van der Waals surface area contributed by atoms with Crippen molar-refractivity contribution in [1.82, 2.24) is 5.32 Å².